The third-order valence-corrected chi connectivity index (χ3v) is 3.54. The highest BCUT2D eigenvalue weighted by Gasteiger charge is 2.22. The van der Waals surface area contributed by atoms with E-state index in [2.05, 4.69) is 15.2 Å². The number of nitrogens with zero attached hydrogens (tertiary/aromatic N) is 3. The quantitative estimate of drug-likeness (QED) is 0.372. The monoisotopic (exact) mass is 276 g/mol. The lowest BCUT2D eigenvalue weighted by Gasteiger charge is -2.19. The SMILES string of the molecule is CSC(=Nc1ccccc1N1CCC(O)C1)NC#N. The zero-order valence-corrected chi connectivity index (χ0v) is 11.5. The molecule has 0 spiro atoms. The average Bonchev–Trinajstić information content (AvgIpc) is 2.85. The number of para-hydroxylation sites is 2. The van der Waals surface area contributed by atoms with Gasteiger partial charge in [-0.3, -0.25) is 5.32 Å². The van der Waals surface area contributed by atoms with Crippen LogP contribution in [0.3, 0.4) is 0 Å². The third kappa shape index (κ3) is 3.40. The molecule has 1 saturated heterocycles. The van der Waals surface area contributed by atoms with Gasteiger partial charge in [-0.15, -0.1) is 0 Å². The van der Waals surface area contributed by atoms with E-state index in [1.165, 1.54) is 11.8 Å². The summed E-state index contributed by atoms with van der Waals surface area (Å²) >= 11 is 1.39. The molecule has 1 unspecified atom stereocenters. The van der Waals surface area contributed by atoms with Gasteiger partial charge in [0.05, 0.1) is 17.5 Å². The number of aliphatic hydroxyl groups is 1. The van der Waals surface area contributed by atoms with E-state index in [0.717, 1.165) is 24.3 Å². The highest BCUT2D eigenvalue weighted by molar-refractivity contribution is 8.13. The summed E-state index contributed by atoms with van der Waals surface area (Å²) in [5, 5.41) is 21.4. The van der Waals surface area contributed by atoms with Gasteiger partial charge in [0.2, 0.25) is 0 Å². The molecule has 0 amide bonds. The van der Waals surface area contributed by atoms with Gasteiger partial charge >= 0.3 is 0 Å². The van der Waals surface area contributed by atoms with Gasteiger partial charge in [-0.2, -0.15) is 5.26 Å². The number of amidine groups is 1. The van der Waals surface area contributed by atoms with Crippen LogP contribution in [0.2, 0.25) is 0 Å². The molecule has 0 bridgehead atoms. The number of thioether (sulfide) groups is 1. The Kier molecular flexibility index (Phi) is 4.66. The molecular weight excluding hydrogens is 260 g/mol. The predicted molar refractivity (Wildman–Crippen MR) is 78.6 cm³/mol. The topological polar surface area (TPSA) is 71.7 Å². The molecular formula is C13H16N4OS. The lowest BCUT2D eigenvalue weighted by Crippen LogP contribution is -2.21. The fourth-order valence-corrected chi connectivity index (χ4v) is 2.41. The minimum atomic E-state index is -0.269. The van der Waals surface area contributed by atoms with Crippen molar-refractivity contribution in [3.8, 4) is 6.19 Å². The van der Waals surface area contributed by atoms with Crippen LogP contribution in [0.1, 0.15) is 6.42 Å². The number of nitriles is 1. The van der Waals surface area contributed by atoms with Crippen LogP contribution in [0.15, 0.2) is 29.3 Å². The van der Waals surface area contributed by atoms with E-state index >= 15 is 0 Å². The summed E-state index contributed by atoms with van der Waals surface area (Å²) in [5.74, 6) is 0. The number of hydrogen-bond donors (Lipinski definition) is 2. The maximum Gasteiger partial charge on any atom is 0.183 e. The van der Waals surface area contributed by atoms with Crippen molar-refractivity contribution in [1.82, 2.24) is 5.32 Å². The van der Waals surface area contributed by atoms with E-state index in [1.807, 2.05) is 36.7 Å². The summed E-state index contributed by atoms with van der Waals surface area (Å²) in [5.41, 5.74) is 1.80. The summed E-state index contributed by atoms with van der Waals surface area (Å²) in [6.07, 6.45) is 4.26. The van der Waals surface area contributed by atoms with Crippen molar-refractivity contribution in [2.75, 3.05) is 24.2 Å². The van der Waals surface area contributed by atoms with E-state index < -0.39 is 0 Å². The van der Waals surface area contributed by atoms with Crippen LogP contribution in [0.25, 0.3) is 0 Å². The zero-order valence-electron chi connectivity index (χ0n) is 10.7. The van der Waals surface area contributed by atoms with Crippen LogP contribution in [-0.4, -0.2) is 35.7 Å². The molecule has 100 valence electrons. The third-order valence-electron chi connectivity index (χ3n) is 2.96. The van der Waals surface area contributed by atoms with Gasteiger partial charge in [0, 0.05) is 13.1 Å². The molecule has 2 N–H and O–H groups in total. The van der Waals surface area contributed by atoms with Crippen LogP contribution >= 0.6 is 11.8 Å². The van der Waals surface area contributed by atoms with Crippen LogP contribution < -0.4 is 10.2 Å². The highest BCUT2D eigenvalue weighted by Crippen LogP contribution is 2.31. The molecule has 0 aliphatic carbocycles. The van der Waals surface area contributed by atoms with Crippen molar-refractivity contribution in [1.29, 1.82) is 5.26 Å². The van der Waals surface area contributed by atoms with E-state index in [1.54, 1.807) is 0 Å². The smallest absolute Gasteiger partial charge is 0.183 e. The maximum atomic E-state index is 9.63. The minimum Gasteiger partial charge on any atom is -0.391 e. The van der Waals surface area contributed by atoms with Crippen molar-refractivity contribution in [3.05, 3.63) is 24.3 Å². The molecule has 1 aliphatic heterocycles. The van der Waals surface area contributed by atoms with Crippen molar-refractivity contribution in [3.63, 3.8) is 0 Å². The molecule has 1 aromatic rings. The number of β-amino-alcohol motifs (C(OH)–C–C–N with tert-alkyl or cyclic N) is 1. The number of anilines is 1. The van der Waals surface area contributed by atoms with Crippen molar-refractivity contribution in [2.24, 2.45) is 4.99 Å². The summed E-state index contributed by atoms with van der Waals surface area (Å²) in [6.45, 7) is 1.46. The Hall–Kier alpha value is -1.71. The second-order valence-corrected chi connectivity index (χ2v) is 5.03. The van der Waals surface area contributed by atoms with Crippen LogP contribution in [0.4, 0.5) is 11.4 Å². The van der Waals surface area contributed by atoms with Gasteiger partial charge in [-0.05, 0) is 24.8 Å². The van der Waals surface area contributed by atoms with E-state index in [-0.39, 0.29) is 6.10 Å². The van der Waals surface area contributed by atoms with Gasteiger partial charge in [0.15, 0.2) is 11.4 Å². The number of rotatable bonds is 2. The van der Waals surface area contributed by atoms with Crippen LogP contribution in [0, 0.1) is 11.5 Å². The normalized spacial score (nSPS) is 19.3. The first kappa shape index (κ1) is 13.7. The fourth-order valence-electron chi connectivity index (χ4n) is 2.07. The average molecular weight is 276 g/mol. The van der Waals surface area contributed by atoms with E-state index in [0.29, 0.717) is 11.7 Å². The summed E-state index contributed by atoms with van der Waals surface area (Å²) < 4.78 is 0. The molecule has 0 aromatic heterocycles. The van der Waals surface area contributed by atoms with Gasteiger partial charge in [0.1, 0.15) is 0 Å². The standard InChI is InChI=1S/C13H16N4OS/c1-19-13(15-9-14)16-11-4-2-3-5-12(11)17-7-6-10(18)8-17/h2-5,10,18H,6-8H2,1H3,(H,15,16). The van der Waals surface area contributed by atoms with Crippen molar-refractivity contribution >= 4 is 28.3 Å². The Balaban J connectivity index is 2.28. The second-order valence-electron chi connectivity index (χ2n) is 4.24. The Labute approximate surface area is 116 Å². The number of aliphatic imine (C=N–C) groups is 1. The second kappa shape index (κ2) is 6.45. The first-order chi connectivity index (χ1) is 9.24. The van der Waals surface area contributed by atoms with Crippen LogP contribution in [-0.2, 0) is 0 Å². The van der Waals surface area contributed by atoms with Gasteiger partial charge in [-0.25, -0.2) is 4.99 Å². The largest absolute Gasteiger partial charge is 0.391 e. The number of hydrogen-bond acceptors (Lipinski definition) is 5. The van der Waals surface area contributed by atoms with E-state index in [4.69, 9.17) is 5.26 Å². The zero-order chi connectivity index (χ0) is 13.7. The molecule has 19 heavy (non-hydrogen) atoms. The number of aliphatic hydroxyl groups excluding tert-OH is 1. The summed E-state index contributed by atoms with van der Waals surface area (Å²) in [6, 6.07) is 7.77. The van der Waals surface area contributed by atoms with Gasteiger partial charge < -0.3 is 10.0 Å². The first-order valence-electron chi connectivity index (χ1n) is 6.04. The predicted octanol–water partition coefficient (Wildman–Crippen LogP) is 1.68. The fraction of sp³-hybridized carbons (Fsp3) is 0.385. The number of nitrogens with one attached hydrogen (secondary N) is 1. The Morgan fingerprint density at radius 1 is 1.58 bits per heavy atom. The Morgan fingerprint density at radius 2 is 2.37 bits per heavy atom. The Bertz CT molecular complexity index is 512. The van der Waals surface area contributed by atoms with Crippen molar-refractivity contribution < 1.29 is 5.11 Å². The molecule has 5 nitrogen and oxygen atoms in total. The lowest BCUT2D eigenvalue weighted by molar-refractivity contribution is 0.198. The van der Waals surface area contributed by atoms with E-state index in [9.17, 15) is 5.11 Å². The number of benzene rings is 1. The summed E-state index contributed by atoms with van der Waals surface area (Å²) in [4.78, 5) is 6.58. The Morgan fingerprint density at radius 3 is 3.00 bits per heavy atom. The van der Waals surface area contributed by atoms with Gasteiger partial charge in [-0.1, -0.05) is 23.9 Å². The molecule has 1 aromatic carbocycles. The molecule has 0 radical (unpaired) electrons. The molecule has 1 heterocycles. The van der Waals surface area contributed by atoms with Crippen LogP contribution in [0.5, 0.6) is 0 Å². The highest BCUT2D eigenvalue weighted by atomic mass is 32.2. The summed E-state index contributed by atoms with van der Waals surface area (Å²) in [7, 11) is 0. The molecule has 6 heteroatoms. The molecule has 1 aliphatic rings. The lowest BCUT2D eigenvalue weighted by atomic mass is 10.2. The first-order valence-corrected chi connectivity index (χ1v) is 7.27. The van der Waals surface area contributed by atoms with Gasteiger partial charge in [0.25, 0.3) is 0 Å². The molecule has 0 saturated carbocycles. The van der Waals surface area contributed by atoms with Crippen molar-refractivity contribution in [2.45, 2.75) is 12.5 Å². The molecule has 2 rings (SSSR count). The minimum absolute atomic E-state index is 0.269. The maximum absolute atomic E-state index is 9.63. The molecule has 1 atom stereocenters. The molecule has 1 fully saturated rings.